The summed E-state index contributed by atoms with van der Waals surface area (Å²) in [6.45, 7) is 5.87. The van der Waals surface area contributed by atoms with Gasteiger partial charge in [0.15, 0.2) is 0 Å². The van der Waals surface area contributed by atoms with E-state index in [0.29, 0.717) is 12.2 Å². The topological polar surface area (TPSA) is 90.7 Å². The lowest BCUT2D eigenvalue weighted by Crippen LogP contribution is -2.38. The third-order valence-corrected chi connectivity index (χ3v) is 4.87. The molecule has 0 radical (unpaired) electrons. The highest BCUT2D eigenvalue weighted by Crippen LogP contribution is 2.33. The number of benzene rings is 1. The van der Waals surface area contributed by atoms with Crippen molar-refractivity contribution in [2.24, 2.45) is 5.92 Å². The number of nitrogen functional groups attached to an aromatic ring is 1. The number of rotatable bonds is 7. The predicted octanol–water partition coefficient (Wildman–Crippen LogP) is 2.00. The molecule has 0 fully saturated rings. The predicted molar refractivity (Wildman–Crippen MR) is 83.2 cm³/mol. The molecule has 120 valence electrons. The average Bonchev–Trinajstić information content (AvgIpc) is 2.44. The van der Waals surface area contributed by atoms with Crippen molar-refractivity contribution in [3.63, 3.8) is 0 Å². The van der Waals surface area contributed by atoms with Crippen LogP contribution < -0.4 is 19.9 Å². The zero-order valence-electron chi connectivity index (χ0n) is 13.1. The average molecular weight is 316 g/mol. The number of hydrogen-bond acceptors (Lipinski definition) is 5. The van der Waals surface area contributed by atoms with Gasteiger partial charge in [-0.3, -0.25) is 0 Å². The molecule has 0 aliphatic rings. The normalized spacial score (nSPS) is 13.2. The molecule has 7 heteroatoms. The van der Waals surface area contributed by atoms with Gasteiger partial charge in [-0.1, -0.05) is 20.8 Å². The summed E-state index contributed by atoms with van der Waals surface area (Å²) in [4.78, 5) is 0.0161. The van der Waals surface area contributed by atoms with Crippen LogP contribution in [0, 0.1) is 5.92 Å². The Morgan fingerprint density at radius 2 is 1.76 bits per heavy atom. The molecular formula is C14H24N2O4S. The van der Waals surface area contributed by atoms with Gasteiger partial charge < -0.3 is 15.2 Å². The Kier molecular flexibility index (Phi) is 5.86. The van der Waals surface area contributed by atoms with E-state index in [9.17, 15) is 8.42 Å². The number of nitrogens with two attached hydrogens (primary N) is 1. The molecule has 0 bridgehead atoms. The summed E-state index contributed by atoms with van der Waals surface area (Å²) in [5, 5.41) is 0. The summed E-state index contributed by atoms with van der Waals surface area (Å²) in [7, 11) is -0.849. The summed E-state index contributed by atoms with van der Waals surface area (Å²) in [6.07, 6.45) is 0.699. The summed E-state index contributed by atoms with van der Waals surface area (Å²) in [5.41, 5.74) is 6.05. The van der Waals surface area contributed by atoms with Gasteiger partial charge in [0.2, 0.25) is 10.0 Å². The second kappa shape index (κ2) is 7.00. The molecule has 0 aliphatic heterocycles. The quantitative estimate of drug-likeness (QED) is 0.751. The molecule has 6 nitrogen and oxygen atoms in total. The SMILES string of the molecule is CCC(NS(=O)(=O)c1cc(N)c(OC)cc1OC)C(C)C. The van der Waals surface area contributed by atoms with Crippen LogP contribution in [0.4, 0.5) is 5.69 Å². The molecule has 1 aromatic rings. The second-order valence-electron chi connectivity index (χ2n) is 5.13. The van der Waals surface area contributed by atoms with E-state index in [2.05, 4.69) is 4.72 Å². The Balaban J connectivity index is 3.27. The van der Waals surface area contributed by atoms with Crippen LogP contribution in [0.5, 0.6) is 11.5 Å². The van der Waals surface area contributed by atoms with Gasteiger partial charge in [-0.15, -0.1) is 0 Å². The van der Waals surface area contributed by atoms with E-state index in [1.165, 1.54) is 26.4 Å². The van der Waals surface area contributed by atoms with Gasteiger partial charge >= 0.3 is 0 Å². The zero-order chi connectivity index (χ0) is 16.2. The van der Waals surface area contributed by atoms with Gasteiger partial charge in [-0.05, 0) is 18.4 Å². The standard InChI is InChI=1S/C14H24N2O4S/c1-6-11(9(2)3)16-21(17,18)14-7-10(15)12(19-4)8-13(14)20-5/h7-9,11,16H,6,15H2,1-5H3. The summed E-state index contributed by atoms with van der Waals surface area (Å²) < 4.78 is 38.0. The first kappa shape index (κ1) is 17.6. The van der Waals surface area contributed by atoms with Crippen molar-refractivity contribution in [3.8, 4) is 11.5 Å². The van der Waals surface area contributed by atoms with E-state index in [0.717, 1.165) is 0 Å². The number of ether oxygens (including phenoxy) is 2. The van der Waals surface area contributed by atoms with E-state index in [1.807, 2.05) is 20.8 Å². The van der Waals surface area contributed by atoms with Crippen LogP contribution in [0.25, 0.3) is 0 Å². The van der Waals surface area contributed by atoms with Crippen LogP contribution in [-0.2, 0) is 10.0 Å². The fourth-order valence-corrected chi connectivity index (χ4v) is 3.71. The number of sulfonamides is 1. The van der Waals surface area contributed by atoms with Gasteiger partial charge in [0.25, 0.3) is 0 Å². The van der Waals surface area contributed by atoms with Crippen LogP contribution in [0.2, 0.25) is 0 Å². The molecule has 3 N–H and O–H groups in total. The minimum atomic E-state index is -3.72. The first-order valence-corrected chi connectivity index (χ1v) is 8.28. The van der Waals surface area contributed by atoms with Crippen LogP contribution >= 0.6 is 0 Å². The third kappa shape index (κ3) is 4.01. The van der Waals surface area contributed by atoms with E-state index in [1.54, 1.807) is 0 Å². The molecule has 0 amide bonds. The molecule has 1 rings (SSSR count). The monoisotopic (exact) mass is 316 g/mol. The molecule has 1 unspecified atom stereocenters. The van der Waals surface area contributed by atoms with Gasteiger partial charge in [-0.2, -0.15) is 0 Å². The minimum absolute atomic E-state index is 0.0161. The Bertz CT molecular complexity index is 585. The first-order valence-electron chi connectivity index (χ1n) is 6.80. The van der Waals surface area contributed by atoms with Crippen molar-refractivity contribution in [1.29, 1.82) is 0 Å². The second-order valence-corrected chi connectivity index (χ2v) is 6.81. The van der Waals surface area contributed by atoms with Crippen LogP contribution in [0.1, 0.15) is 27.2 Å². The molecule has 0 heterocycles. The fourth-order valence-electron chi connectivity index (χ4n) is 2.06. The lowest BCUT2D eigenvalue weighted by atomic mass is 10.0. The van der Waals surface area contributed by atoms with E-state index in [4.69, 9.17) is 15.2 Å². The Morgan fingerprint density at radius 3 is 2.19 bits per heavy atom. The zero-order valence-corrected chi connectivity index (χ0v) is 14.0. The maximum absolute atomic E-state index is 12.6. The molecular weight excluding hydrogens is 292 g/mol. The molecule has 0 saturated heterocycles. The molecule has 1 aromatic carbocycles. The van der Waals surface area contributed by atoms with Crippen LogP contribution in [0.15, 0.2) is 17.0 Å². The largest absolute Gasteiger partial charge is 0.495 e. The summed E-state index contributed by atoms with van der Waals surface area (Å²) in [6, 6.07) is 2.68. The molecule has 0 spiro atoms. The highest BCUT2D eigenvalue weighted by atomic mass is 32.2. The number of methoxy groups -OCH3 is 2. The summed E-state index contributed by atoms with van der Waals surface area (Å²) >= 11 is 0. The Hall–Kier alpha value is -1.47. The van der Waals surface area contributed by atoms with E-state index >= 15 is 0 Å². The highest BCUT2D eigenvalue weighted by molar-refractivity contribution is 7.89. The van der Waals surface area contributed by atoms with Crippen LogP contribution in [0.3, 0.4) is 0 Å². The lowest BCUT2D eigenvalue weighted by molar-refractivity contribution is 0.385. The number of anilines is 1. The van der Waals surface area contributed by atoms with E-state index in [-0.39, 0.29) is 28.3 Å². The van der Waals surface area contributed by atoms with Crippen molar-refractivity contribution in [2.45, 2.75) is 38.1 Å². The highest BCUT2D eigenvalue weighted by Gasteiger charge is 2.25. The maximum Gasteiger partial charge on any atom is 0.244 e. The molecule has 21 heavy (non-hydrogen) atoms. The van der Waals surface area contributed by atoms with Crippen molar-refractivity contribution >= 4 is 15.7 Å². The lowest BCUT2D eigenvalue weighted by Gasteiger charge is -2.21. The minimum Gasteiger partial charge on any atom is -0.495 e. The Labute approximate surface area is 126 Å². The first-order chi connectivity index (χ1) is 9.76. The molecule has 0 saturated carbocycles. The smallest absolute Gasteiger partial charge is 0.244 e. The van der Waals surface area contributed by atoms with Gasteiger partial charge in [0.1, 0.15) is 16.4 Å². The van der Waals surface area contributed by atoms with Crippen molar-refractivity contribution in [2.75, 3.05) is 20.0 Å². The Morgan fingerprint density at radius 1 is 1.19 bits per heavy atom. The number of nitrogens with one attached hydrogen (secondary N) is 1. The van der Waals surface area contributed by atoms with Gasteiger partial charge in [0, 0.05) is 12.1 Å². The van der Waals surface area contributed by atoms with Crippen molar-refractivity contribution < 1.29 is 17.9 Å². The third-order valence-electron chi connectivity index (χ3n) is 3.36. The van der Waals surface area contributed by atoms with Gasteiger partial charge in [0.05, 0.1) is 19.9 Å². The van der Waals surface area contributed by atoms with Gasteiger partial charge in [-0.25, -0.2) is 13.1 Å². The van der Waals surface area contributed by atoms with Crippen molar-refractivity contribution in [3.05, 3.63) is 12.1 Å². The van der Waals surface area contributed by atoms with Crippen molar-refractivity contribution in [1.82, 2.24) is 4.72 Å². The molecule has 1 atom stereocenters. The summed E-state index contributed by atoms with van der Waals surface area (Å²) in [5.74, 6) is 0.764. The molecule has 0 aromatic heterocycles. The van der Waals surface area contributed by atoms with E-state index < -0.39 is 10.0 Å². The maximum atomic E-state index is 12.6. The molecule has 0 aliphatic carbocycles. The number of hydrogen-bond donors (Lipinski definition) is 2. The fraction of sp³-hybridized carbons (Fsp3) is 0.571. The van der Waals surface area contributed by atoms with Crippen LogP contribution in [-0.4, -0.2) is 28.7 Å².